The van der Waals surface area contributed by atoms with Gasteiger partial charge in [0.15, 0.2) is 5.78 Å². The van der Waals surface area contributed by atoms with Crippen LogP contribution >= 0.6 is 0 Å². The van der Waals surface area contributed by atoms with Gasteiger partial charge in [-0.2, -0.15) is 4.31 Å². The summed E-state index contributed by atoms with van der Waals surface area (Å²) >= 11 is 0. The van der Waals surface area contributed by atoms with Gasteiger partial charge in [-0.05, 0) is 62.9 Å². The fourth-order valence-corrected chi connectivity index (χ4v) is 5.65. The Morgan fingerprint density at radius 1 is 1.12 bits per heavy atom. The Morgan fingerprint density at radius 2 is 1.82 bits per heavy atom. The summed E-state index contributed by atoms with van der Waals surface area (Å²) in [6, 6.07) is 11.6. The molecule has 1 saturated heterocycles. The molecule has 0 bridgehead atoms. The molecule has 4 rings (SSSR count). The van der Waals surface area contributed by atoms with E-state index in [2.05, 4.69) is 4.98 Å². The first-order chi connectivity index (χ1) is 15.7. The number of fused-ring (bicyclic) bond motifs is 1. The van der Waals surface area contributed by atoms with Gasteiger partial charge in [-0.25, -0.2) is 8.42 Å². The number of rotatable bonds is 7. The molecular weight excluding hydrogens is 440 g/mol. The van der Waals surface area contributed by atoms with E-state index in [-0.39, 0.29) is 35.4 Å². The Balaban J connectivity index is 1.74. The van der Waals surface area contributed by atoms with E-state index in [0.29, 0.717) is 17.7 Å². The molecule has 2 aromatic carbocycles. The summed E-state index contributed by atoms with van der Waals surface area (Å²) in [5.41, 5.74) is 3.22. The van der Waals surface area contributed by atoms with Gasteiger partial charge in [0.1, 0.15) is 0 Å². The SMILES string of the molecule is CC(=O)c1ccc(S(=O)(=O)N(Cc2cc3c(C)ccc(C)c3[nH]c2=O)C[C@H]2CCCO2)cc1. The maximum atomic E-state index is 13.6. The molecule has 1 fully saturated rings. The van der Waals surface area contributed by atoms with Crippen LogP contribution in [0.2, 0.25) is 0 Å². The fraction of sp³-hybridized carbons (Fsp3) is 0.360. The number of ketones is 1. The minimum Gasteiger partial charge on any atom is -0.377 e. The first-order valence-corrected chi connectivity index (χ1v) is 12.5. The van der Waals surface area contributed by atoms with Crippen molar-refractivity contribution in [1.82, 2.24) is 9.29 Å². The van der Waals surface area contributed by atoms with Gasteiger partial charge in [0.2, 0.25) is 10.0 Å². The molecular formula is C25H28N2O5S. The third-order valence-electron chi connectivity index (χ3n) is 6.20. The van der Waals surface area contributed by atoms with Crippen molar-refractivity contribution in [3.05, 3.63) is 75.1 Å². The third kappa shape index (κ3) is 4.78. The summed E-state index contributed by atoms with van der Waals surface area (Å²) in [7, 11) is -3.93. The van der Waals surface area contributed by atoms with Crippen LogP contribution in [0.4, 0.5) is 0 Å². The van der Waals surface area contributed by atoms with Gasteiger partial charge in [-0.15, -0.1) is 0 Å². The maximum Gasteiger partial charge on any atom is 0.252 e. The van der Waals surface area contributed by atoms with Crippen LogP contribution < -0.4 is 5.56 Å². The highest BCUT2D eigenvalue weighted by Crippen LogP contribution is 2.24. The second kappa shape index (κ2) is 9.21. The first-order valence-electron chi connectivity index (χ1n) is 11.0. The number of hydrogen-bond acceptors (Lipinski definition) is 5. The number of nitrogens with zero attached hydrogens (tertiary/aromatic N) is 1. The van der Waals surface area contributed by atoms with Gasteiger partial charge in [0, 0.05) is 36.2 Å². The molecule has 0 spiro atoms. The van der Waals surface area contributed by atoms with E-state index >= 15 is 0 Å². The van der Waals surface area contributed by atoms with Crippen molar-refractivity contribution in [3.63, 3.8) is 0 Å². The van der Waals surface area contributed by atoms with Gasteiger partial charge in [-0.1, -0.05) is 24.3 Å². The molecule has 1 aliphatic rings. The van der Waals surface area contributed by atoms with Crippen LogP contribution in [-0.2, 0) is 21.3 Å². The maximum absolute atomic E-state index is 13.6. The molecule has 1 N–H and O–H groups in total. The second-order valence-corrected chi connectivity index (χ2v) is 10.6. The lowest BCUT2D eigenvalue weighted by Crippen LogP contribution is -2.38. The van der Waals surface area contributed by atoms with Crippen LogP contribution in [0.5, 0.6) is 0 Å². The number of pyridine rings is 1. The fourth-order valence-electron chi connectivity index (χ4n) is 4.20. The number of carbonyl (C=O) groups excluding carboxylic acids is 1. The average molecular weight is 469 g/mol. The number of H-pyrrole nitrogens is 1. The van der Waals surface area contributed by atoms with Crippen LogP contribution in [0, 0.1) is 13.8 Å². The van der Waals surface area contributed by atoms with Crippen molar-refractivity contribution in [2.24, 2.45) is 0 Å². The summed E-state index contributed by atoms with van der Waals surface area (Å²) in [5.74, 6) is -0.136. The molecule has 0 amide bonds. The van der Waals surface area contributed by atoms with Crippen LogP contribution in [0.1, 0.15) is 46.8 Å². The van der Waals surface area contributed by atoms with Gasteiger partial charge >= 0.3 is 0 Å². The number of nitrogens with one attached hydrogen (secondary N) is 1. The molecule has 0 saturated carbocycles. The molecule has 0 radical (unpaired) electrons. The minimum absolute atomic E-state index is 0.0741. The van der Waals surface area contributed by atoms with Gasteiger partial charge in [0.25, 0.3) is 5.56 Å². The van der Waals surface area contributed by atoms with Crippen molar-refractivity contribution < 1.29 is 17.9 Å². The summed E-state index contributed by atoms with van der Waals surface area (Å²) in [6.07, 6.45) is 1.42. The molecule has 7 nitrogen and oxygen atoms in total. The summed E-state index contributed by atoms with van der Waals surface area (Å²) < 4.78 is 34.2. The molecule has 0 unspecified atom stereocenters. The highest BCUT2D eigenvalue weighted by molar-refractivity contribution is 7.89. The monoisotopic (exact) mass is 468 g/mol. The molecule has 3 aromatic rings. The second-order valence-electron chi connectivity index (χ2n) is 8.62. The summed E-state index contributed by atoms with van der Waals surface area (Å²) in [4.78, 5) is 27.5. The zero-order valence-corrected chi connectivity index (χ0v) is 19.9. The van der Waals surface area contributed by atoms with Crippen molar-refractivity contribution in [2.45, 2.75) is 51.2 Å². The first kappa shape index (κ1) is 23.4. The average Bonchev–Trinajstić information content (AvgIpc) is 3.30. The number of aromatic amines is 1. The van der Waals surface area contributed by atoms with E-state index < -0.39 is 10.0 Å². The number of aromatic nitrogens is 1. The quantitative estimate of drug-likeness (QED) is 0.533. The van der Waals surface area contributed by atoms with Crippen molar-refractivity contribution in [1.29, 1.82) is 0 Å². The number of ether oxygens (including phenoxy) is 1. The lowest BCUT2D eigenvalue weighted by atomic mass is 10.0. The van der Waals surface area contributed by atoms with E-state index in [9.17, 15) is 18.0 Å². The molecule has 1 aliphatic heterocycles. The number of hydrogen-bond donors (Lipinski definition) is 1. The predicted molar refractivity (Wildman–Crippen MR) is 127 cm³/mol. The zero-order valence-electron chi connectivity index (χ0n) is 19.1. The number of Topliss-reactive ketones (excluding diaryl/α,β-unsaturated/α-hetero) is 1. The van der Waals surface area contributed by atoms with E-state index in [0.717, 1.165) is 34.9 Å². The number of sulfonamides is 1. The Labute approximate surface area is 193 Å². The van der Waals surface area contributed by atoms with E-state index in [1.807, 2.05) is 26.0 Å². The van der Waals surface area contributed by atoms with E-state index in [1.54, 1.807) is 6.07 Å². The highest BCUT2D eigenvalue weighted by Gasteiger charge is 2.30. The van der Waals surface area contributed by atoms with Crippen LogP contribution in [0.3, 0.4) is 0 Å². The standard InChI is InChI=1S/C25H28N2O5S/c1-16-6-7-17(2)24-23(16)13-20(25(29)26-24)14-27(15-21-5-4-12-32-21)33(30,31)22-10-8-19(9-11-22)18(3)28/h6-11,13,21H,4-5,12,14-15H2,1-3H3,(H,26,29)/t21-/m1/s1. The molecule has 1 atom stereocenters. The Bertz CT molecular complexity index is 1350. The van der Waals surface area contributed by atoms with Crippen LogP contribution in [0.25, 0.3) is 10.9 Å². The van der Waals surface area contributed by atoms with Crippen molar-refractivity contribution >= 4 is 26.7 Å². The Kier molecular flexibility index (Phi) is 6.52. The van der Waals surface area contributed by atoms with Gasteiger partial charge in [0.05, 0.1) is 16.5 Å². The van der Waals surface area contributed by atoms with E-state index in [1.165, 1.54) is 35.5 Å². The van der Waals surface area contributed by atoms with Crippen LogP contribution in [-0.4, -0.2) is 42.7 Å². The Hall–Kier alpha value is -2.81. The van der Waals surface area contributed by atoms with Crippen molar-refractivity contribution in [2.75, 3.05) is 13.2 Å². The number of aryl methyl sites for hydroxylation is 2. The minimum atomic E-state index is -3.93. The molecule has 174 valence electrons. The van der Waals surface area contributed by atoms with Crippen molar-refractivity contribution in [3.8, 4) is 0 Å². The lowest BCUT2D eigenvalue weighted by Gasteiger charge is -2.25. The summed E-state index contributed by atoms with van der Waals surface area (Å²) in [5, 5.41) is 0.893. The smallest absolute Gasteiger partial charge is 0.252 e. The van der Waals surface area contributed by atoms with Gasteiger partial charge < -0.3 is 9.72 Å². The third-order valence-corrected chi connectivity index (χ3v) is 8.02. The zero-order chi connectivity index (χ0) is 23.8. The number of benzene rings is 2. The van der Waals surface area contributed by atoms with E-state index in [4.69, 9.17) is 4.74 Å². The predicted octanol–water partition coefficient (Wildman–Crippen LogP) is 3.72. The molecule has 33 heavy (non-hydrogen) atoms. The lowest BCUT2D eigenvalue weighted by molar-refractivity contribution is 0.0925. The van der Waals surface area contributed by atoms with Crippen LogP contribution in [0.15, 0.2) is 52.2 Å². The molecule has 0 aliphatic carbocycles. The highest BCUT2D eigenvalue weighted by atomic mass is 32.2. The molecule has 8 heteroatoms. The molecule has 2 heterocycles. The topological polar surface area (TPSA) is 96.5 Å². The summed E-state index contributed by atoms with van der Waals surface area (Å²) in [6.45, 7) is 6.00. The van der Waals surface area contributed by atoms with Gasteiger partial charge in [-0.3, -0.25) is 9.59 Å². The Morgan fingerprint density at radius 3 is 2.45 bits per heavy atom. The number of carbonyl (C=O) groups is 1. The molecule has 1 aromatic heterocycles. The largest absolute Gasteiger partial charge is 0.377 e. The normalized spacial score (nSPS) is 16.5.